The molecule has 0 spiro atoms. The Kier molecular flexibility index (Phi) is 4.57. The van der Waals surface area contributed by atoms with Crippen LogP contribution in [0.5, 0.6) is 0 Å². The van der Waals surface area contributed by atoms with E-state index in [-0.39, 0.29) is 0 Å². The number of imidazole rings is 1. The summed E-state index contributed by atoms with van der Waals surface area (Å²) in [6.45, 7) is 5.30. The predicted octanol–water partition coefficient (Wildman–Crippen LogP) is 5.13. The molecule has 0 N–H and O–H groups in total. The first-order valence-electron chi connectivity index (χ1n) is 8.27. The molecular formula is C20H24N2. The third kappa shape index (κ3) is 3.22. The number of nitrogens with zero attached hydrogens (tertiary/aromatic N) is 2. The third-order valence-electron chi connectivity index (χ3n) is 4.16. The normalized spacial score (nSPS) is 11.2. The average molecular weight is 292 g/mol. The van der Waals surface area contributed by atoms with Crippen molar-refractivity contribution < 1.29 is 0 Å². The van der Waals surface area contributed by atoms with Crippen LogP contribution >= 0.6 is 0 Å². The smallest absolute Gasteiger partial charge is 0.110 e. The molecule has 2 heteroatoms. The number of rotatable bonds is 6. The van der Waals surface area contributed by atoms with Crippen molar-refractivity contribution in [1.82, 2.24) is 9.55 Å². The van der Waals surface area contributed by atoms with Gasteiger partial charge in [0, 0.05) is 13.0 Å². The van der Waals surface area contributed by atoms with Crippen molar-refractivity contribution in [1.29, 1.82) is 0 Å². The zero-order valence-corrected chi connectivity index (χ0v) is 13.5. The molecule has 0 saturated carbocycles. The summed E-state index contributed by atoms with van der Waals surface area (Å²) < 4.78 is 2.39. The molecule has 2 aromatic carbocycles. The lowest BCUT2D eigenvalue weighted by molar-refractivity contribution is 0.659. The fourth-order valence-corrected chi connectivity index (χ4v) is 3.02. The molecule has 0 amide bonds. The lowest BCUT2D eigenvalue weighted by Gasteiger charge is -2.10. The highest BCUT2D eigenvalue weighted by Crippen LogP contribution is 2.20. The molecular weight excluding hydrogens is 268 g/mol. The van der Waals surface area contributed by atoms with Crippen molar-refractivity contribution in [2.24, 2.45) is 0 Å². The molecule has 2 nitrogen and oxygen atoms in total. The Morgan fingerprint density at radius 3 is 2.68 bits per heavy atom. The van der Waals surface area contributed by atoms with Crippen LogP contribution in [0.2, 0.25) is 0 Å². The van der Waals surface area contributed by atoms with Crippen molar-refractivity contribution in [3.8, 4) is 0 Å². The van der Waals surface area contributed by atoms with Crippen LogP contribution in [0.4, 0.5) is 0 Å². The molecule has 0 aliphatic carbocycles. The minimum absolute atomic E-state index is 0.906. The second-order valence-electron chi connectivity index (χ2n) is 6.05. The van der Waals surface area contributed by atoms with Gasteiger partial charge in [-0.2, -0.15) is 0 Å². The van der Waals surface area contributed by atoms with E-state index in [1.165, 1.54) is 41.7 Å². The molecule has 0 unspecified atom stereocenters. The Bertz CT molecular complexity index is 755. The van der Waals surface area contributed by atoms with Gasteiger partial charge in [0.15, 0.2) is 0 Å². The molecule has 0 aliphatic rings. The van der Waals surface area contributed by atoms with Crippen LogP contribution in [0.1, 0.15) is 43.1 Å². The zero-order chi connectivity index (χ0) is 15.4. The second-order valence-corrected chi connectivity index (χ2v) is 6.05. The van der Waals surface area contributed by atoms with E-state index >= 15 is 0 Å². The summed E-state index contributed by atoms with van der Waals surface area (Å²) in [5.74, 6) is 1.22. The van der Waals surface area contributed by atoms with Gasteiger partial charge in [-0.15, -0.1) is 0 Å². The minimum Gasteiger partial charge on any atom is -0.323 e. The molecule has 22 heavy (non-hydrogen) atoms. The molecule has 114 valence electrons. The highest BCUT2D eigenvalue weighted by Gasteiger charge is 2.10. The zero-order valence-electron chi connectivity index (χ0n) is 13.5. The monoisotopic (exact) mass is 292 g/mol. The number of para-hydroxylation sites is 2. The summed E-state index contributed by atoms with van der Waals surface area (Å²) in [7, 11) is 0. The van der Waals surface area contributed by atoms with Gasteiger partial charge in [-0.1, -0.05) is 61.7 Å². The van der Waals surface area contributed by atoms with Crippen molar-refractivity contribution in [2.45, 2.75) is 46.1 Å². The SMILES string of the molecule is CCCCCc1nc2ccccc2n1Cc1cccc(C)c1. The van der Waals surface area contributed by atoms with Crippen LogP contribution in [0.25, 0.3) is 11.0 Å². The van der Waals surface area contributed by atoms with Gasteiger partial charge in [-0.3, -0.25) is 0 Å². The largest absolute Gasteiger partial charge is 0.323 e. The van der Waals surface area contributed by atoms with Crippen LogP contribution in [0.15, 0.2) is 48.5 Å². The molecule has 0 fully saturated rings. The van der Waals surface area contributed by atoms with E-state index in [9.17, 15) is 0 Å². The number of unbranched alkanes of at least 4 members (excludes halogenated alkanes) is 2. The van der Waals surface area contributed by atoms with Gasteiger partial charge in [0.2, 0.25) is 0 Å². The number of hydrogen-bond donors (Lipinski definition) is 0. The average Bonchev–Trinajstić information content (AvgIpc) is 2.86. The Labute approximate surface area is 132 Å². The molecule has 1 heterocycles. The molecule has 3 aromatic rings. The first-order valence-corrected chi connectivity index (χ1v) is 8.27. The second kappa shape index (κ2) is 6.78. The van der Waals surface area contributed by atoms with Crippen LogP contribution in [-0.2, 0) is 13.0 Å². The van der Waals surface area contributed by atoms with E-state index in [4.69, 9.17) is 4.98 Å². The predicted molar refractivity (Wildman–Crippen MR) is 93.2 cm³/mol. The highest BCUT2D eigenvalue weighted by molar-refractivity contribution is 5.76. The van der Waals surface area contributed by atoms with E-state index < -0.39 is 0 Å². The molecule has 3 rings (SSSR count). The van der Waals surface area contributed by atoms with E-state index in [1.807, 2.05) is 0 Å². The summed E-state index contributed by atoms with van der Waals surface area (Å²) >= 11 is 0. The number of aromatic nitrogens is 2. The Hall–Kier alpha value is -2.09. The molecule has 1 aromatic heterocycles. The molecule has 0 atom stereocenters. The molecule has 0 bridgehead atoms. The lowest BCUT2D eigenvalue weighted by atomic mass is 10.1. The van der Waals surface area contributed by atoms with Gasteiger partial charge in [0.05, 0.1) is 11.0 Å². The molecule has 0 saturated heterocycles. The standard InChI is InChI=1S/C20H24N2/c1-3-4-5-13-20-21-18-11-6-7-12-19(18)22(20)15-17-10-8-9-16(2)14-17/h6-12,14H,3-5,13,15H2,1-2H3. The summed E-state index contributed by atoms with van der Waals surface area (Å²) in [6, 6.07) is 17.2. The number of fused-ring (bicyclic) bond motifs is 1. The summed E-state index contributed by atoms with van der Waals surface area (Å²) in [4.78, 5) is 4.87. The van der Waals surface area contributed by atoms with Gasteiger partial charge in [0.25, 0.3) is 0 Å². The van der Waals surface area contributed by atoms with Crippen molar-refractivity contribution in [3.63, 3.8) is 0 Å². The van der Waals surface area contributed by atoms with Crippen molar-refractivity contribution >= 4 is 11.0 Å². The summed E-state index contributed by atoms with van der Waals surface area (Å²) in [5, 5.41) is 0. The Morgan fingerprint density at radius 2 is 1.86 bits per heavy atom. The minimum atomic E-state index is 0.906. The van der Waals surface area contributed by atoms with E-state index in [0.717, 1.165) is 18.5 Å². The topological polar surface area (TPSA) is 17.8 Å². The molecule has 0 radical (unpaired) electrons. The van der Waals surface area contributed by atoms with Crippen LogP contribution in [0.3, 0.4) is 0 Å². The van der Waals surface area contributed by atoms with Gasteiger partial charge >= 0.3 is 0 Å². The number of benzene rings is 2. The van der Waals surface area contributed by atoms with Gasteiger partial charge in [-0.25, -0.2) is 4.98 Å². The van der Waals surface area contributed by atoms with E-state index in [0.29, 0.717) is 0 Å². The van der Waals surface area contributed by atoms with Crippen LogP contribution in [-0.4, -0.2) is 9.55 Å². The van der Waals surface area contributed by atoms with Gasteiger partial charge < -0.3 is 4.57 Å². The van der Waals surface area contributed by atoms with E-state index in [2.05, 4.69) is 66.9 Å². The maximum atomic E-state index is 4.87. The number of aryl methyl sites for hydroxylation is 2. The molecule has 0 aliphatic heterocycles. The Morgan fingerprint density at radius 1 is 1.00 bits per heavy atom. The Balaban J connectivity index is 1.96. The quantitative estimate of drug-likeness (QED) is 0.576. The van der Waals surface area contributed by atoms with Crippen LogP contribution in [0, 0.1) is 6.92 Å². The lowest BCUT2D eigenvalue weighted by Crippen LogP contribution is -2.05. The fraction of sp³-hybridized carbons (Fsp3) is 0.350. The van der Waals surface area contributed by atoms with Gasteiger partial charge in [-0.05, 0) is 31.0 Å². The first-order chi connectivity index (χ1) is 10.8. The van der Waals surface area contributed by atoms with Crippen molar-refractivity contribution in [3.05, 3.63) is 65.5 Å². The van der Waals surface area contributed by atoms with E-state index in [1.54, 1.807) is 0 Å². The maximum absolute atomic E-state index is 4.87. The van der Waals surface area contributed by atoms with Gasteiger partial charge in [0.1, 0.15) is 5.82 Å². The van der Waals surface area contributed by atoms with Crippen molar-refractivity contribution in [2.75, 3.05) is 0 Å². The highest BCUT2D eigenvalue weighted by atomic mass is 15.1. The van der Waals surface area contributed by atoms with Crippen LogP contribution < -0.4 is 0 Å². The first kappa shape index (κ1) is 14.8. The summed E-state index contributed by atoms with van der Waals surface area (Å²) in [5.41, 5.74) is 5.02. The number of hydrogen-bond acceptors (Lipinski definition) is 1. The fourth-order valence-electron chi connectivity index (χ4n) is 3.02. The summed E-state index contributed by atoms with van der Waals surface area (Å²) in [6.07, 6.45) is 4.80. The maximum Gasteiger partial charge on any atom is 0.110 e. The third-order valence-corrected chi connectivity index (χ3v) is 4.16.